The van der Waals surface area contributed by atoms with Crippen molar-refractivity contribution in [2.45, 2.75) is 25.8 Å². The Kier molecular flexibility index (Phi) is 4.92. The Hall–Kier alpha value is -3.42. The van der Waals surface area contributed by atoms with Crippen molar-refractivity contribution in [1.29, 1.82) is 0 Å². The first kappa shape index (κ1) is 18.0. The number of hydrogen-bond acceptors (Lipinski definition) is 6. The monoisotopic (exact) mass is 380 g/mol. The normalized spacial score (nSPS) is 16.2. The van der Waals surface area contributed by atoms with Crippen LogP contribution in [0.1, 0.15) is 19.8 Å². The number of halogens is 1. The van der Waals surface area contributed by atoms with E-state index in [0.29, 0.717) is 17.3 Å². The third-order valence-electron chi connectivity index (χ3n) is 4.77. The summed E-state index contributed by atoms with van der Waals surface area (Å²) in [5.74, 6) is 0.524. The van der Waals surface area contributed by atoms with Gasteiger partial charge in [-0.15, -0.1) is 0 Å². The molecular formula is C20H21FN6O. The van der Waals surface area contributed by atoms with Gasteiger partial charge in [-0.05, 0) is 37.5 Å². The van der Waals surface area contributed by atoms with Crippen molar-refractivity contribution in [3.05, 3.63) is 60.6 Å². The summed E-state index contributed by atoms with van der Waals surface area (Å²) in [6.07, 6.45) is 8.83. The average molecular weight is 380 g/mol. The standard InChI is InChI=1S/C20H19FN6O.H2/c1-13-4-5-15(9-16(13)19-24-10-14(21)11-25-19)26-20(28)17-3-2-8-27(17)18-12-22-6-7-23-18;/h4-7,9-12,17H,2-3,8H2,1H3,(H,26,28);1H. The molecule has 1 aliphatic rings. The van der Waals surface area contributed by atoms with E-state index in [0.717, 1.165) is 42.9 Å². The molecule has 1 atom stereocenters. The van der Waals surface area contributed by atoms with E-state index in [2.05, 4.69) is 25.3 Å². The Bertz CT molecular complexity index is 986. The molecule has 2 aromatic heterocycles. The quantitative estimate of drug-likeness (QED) is 0.748. The van der Waals surface area contributed by atoms with Crippen LogP contribution >= 0.6 is 0 Å². The fourth-order valence-corrected chi connectivity index (χ4v) is 3.37. The molecule has 0 radical (unpaired) electrons. The van der Waals surface area contributed by atoms with Crippen LogP contribution in [0.4, 0.5) is 15.9 Å². The molecule has 4 rings (SSSR count). The molecule has 0 aliphatic carbocycles. The Morgan fingerprint density at radius 3 is 2.79 bits per heavy atom. The molecule has 1 aromatic carbocycles. The zero-order valence-corrected chi connectivity index (χ0v) is 15.3. The molecule has 1 aliphatic heterocycles. The van der Waals surface area contributed by atoms with Crippen molar-refractivity contribution in [2.75, 3.05) is 16.8 Å². The highest BCUT2D eigenvalue weighted by atomic mass is 19.1. The van der Waals surface area contributed by atoms with E-state index in [-0.39, 0.29) is 13.4 Å². The lowest BCUT2D eigenvalue weighted by Gasteiger charge is -2.24. The first-order valence-electron chi connectivity index (χ1n) is 9.04. The lowest BCUT2D eigenvalue weighted by atomic mass is 10.1. The maximum Gasteiger partial charge on any atom is 0.247 e. The van der Waals surface area contributed by atoms with Crippen LogP contribution in [0.2, 0.25) is 0 Å². The fraction of sp³-hybridized carbons (Fsp3) is 0.250. The van der Waals surface area contributed by atoms with Crippen LogP contribution in [-0.4, -0.2) is 38.4 Å². The number of rotatable bonds is 4. The summed E-state index contributed by atoms with van der Waals surface area (Å²) < 4.78 is 13.1. The number of carbonyl (C=O) groups is 1. The molecule has 0 saturated carbocycles. The molecule has 1 amide bonds. The average Bonchev–Trinajstić information content (AvgIpc) is 3.21. The molecule has 1 N–H and O–H groups in total. The number of nitrogens with zero attached hydrogens (tertiary/aromatic N) is 5. The van der Waals surface area contributed by atoms with Crippen LogP contribution in [0, 0.1) is 12.7 Å². The maximum atomic E-state index is 13.1. The van der Waals surface area contributed by atoms with Gasteiger partial charge in [0, 0.05) is 31.6 Å². The van der Waals surface area contributed by atoms with Gasteiger partial charge in [0.1, 0.15) is 11.9 Å². The molecule has 3 aromatic rings. The van der Waals surface area contributed by atoms with Gasteiger partial charge < -0.3 is 10.2 Å². The summed E-state index contributed by atoms with van der Waals surface area (Å²) in [5, 5.41) is 2.97. The number of aryl methyl sites for hydroxylation is 1. The van der Waals surface area contributed by atoms with Gasteiger partial charge in [-0.25, -0.2) is 19.3 Å². The van der Waals surface area contributed by atoms with Crippen molar-refractivity contribution in [2.24, 2.45) is 0 Å². The highest BCUT2D eigenvalue weighted by Crippen LogP contribution is 2.26. The SMILES string of the molecule is Cc1ccc(NC(=O)C2CCCN2c2cnccn2)cc1-c1ncc(F)cn1.[HH]. The van der Waals surface area contributed by atoms with Gasteiger partial charge in [-0.3, -0.25) is 9.78 Å². The Morgan fingerprint density at radius 1 is 1.21 bits per heavy atom. The zero-order valence-electron chi connectivity index (χ0n) is 15.3. The van der Waals surface area contributed by atoms with Gasteiger partial charge in [0.2, 0.25) is 5.91 Å². The third kappa shape index (κ3) is 3.66. The number of amides is 1. The first-order chi connectivity index (χ1) is 13.6. The lowest BCUT2D eigenvalue weighted by Crippen LogP contribution is -2.40. The largest absolute Gasteiger partial charge is 0.343 e. The molecule has 8 heteroatoms. The number of aromatic nitrogens is 4. The van der Waals surface area contributed by atoms with Crippen LogP contribution in [0.15, 0.2) is 49.2 Å². The van der Waals surface area contributed by atoms with Crippen LogP contribution in [0.3, 0.4) is 0 Å². The molecule has 3 heterocycles. The number of nitrogens with one attached hydrogen (secondary N) is 1. The van der Waals surface area contributed by atoms with Crippen molar-refractivity contribution in [1.82, 2.24) is 19.9 Å². The Balaban J connectivity index is 0.00000240. The third-order valence-corrected chi connectivity index (χ3v) is 4.77. The predicted molar refractivity (Wildman–Crippen MR) is 105 cm³/mol. The van der Waals surface area contributed by atoms with Crippen molar-refractivity contribution in [3.8, 4) is 11.4 Å². The molecule has 0 spiro atoms. The molecular weight excluding hydrogens is 359 g/mol. The summed E-state index contributed by atoms with van der Waals surface area (Å²) in [6, 6.07) is 5.22. The number of benzene rings is 1. The van der Waals surface area contributed by atoms with E-state index in [1.807, 2.05) is 30.0 Å². The van der Waals surface area contributed by atoms with Crippen molar-refractivity contribution >= 4 is 17.4 Å². The minimum atomic E-state index is -0.490. The Labute approximate surface area is 163 Å². The number of hydrogen-bond donors (Lipinski definition) is 1. The highest BCUT2D eigenvalue weighted by Gasteiger charge is 2.31. The number of carbonyl (C=O) groups excluding carboxylic acids is 1. The minimum absolute atomic E-state index is 0. The Morgan fingerprint density at radius 2 is 2.04 bits per heavy atom. The topological polar surface area (TPSA) is 83.9 Å². The first-order valence-corrected chi connectivity index (χ1v) is 9.04. The smallest absolute Gasteiger partial charge is 0.247 e. The highest BCUT2D eigenvalue weighted by molar-refractivity contribution is 5.97. The molecule has 1 fully saturated rings. The summed E-state index contributed by atoms with van der Waals surface area (Å²) in [5.41, 5.74) is 2.33. The number of anilines is 2. The van der Waals surface area contributed by atoms with Gasteiger partial charge in [-0.2, -0.15) is 0 Å². The van der Waals surface area contributed by atoms with Gasteiger partial charge in [0.05, 0.1) is 18.6 Å². The van der Waals surface area contributed by atoms with Crippen LogP contribution in [0.5, 0.6) is 0 Å². The second-order valence-corrected chi connectivity index (χ2v) is 6.66. The second kappa shape index (κ2) is 7.67. The molecule has 0 bridgehead atoms. The molecule has 1 unspecified atom stereocenters. The van der Waals surface area contributed by atoms with Crippen molar-refractivity contribution in [3.63, 3.8) is 0 Å². The molecule has 1 saturated heterocycles. The van der Waals surface area contributed by atoms with E-state index < -0.39 is 5.82 Å². The van der Waals surface area contributed by atoms with Gasteiger partial charge >= 0.3 is 0 Å². The van der Waals surface area contributed by atoms with Crippen LogP contribution in [0.25, 0.3) is 11.4 Å². The second-order valence-electron chi connectivity index (χ2n) is 6.66. The molecule has 7 nitrogen and oxygen atoms in total. The fourth-order valence-electron chi connectivity index (χ4n) is 3.37. The van der Waals surface area contributed by atoms with E-state index in [1.54, 1.807) is 18.6 Å². The van der Waals surface area contributed by atoms with E-state index in [4.69, 9.17) is 0 Å². The van der Waals surface area contributed by atoms with E-state index in [1.165, 1.54) is 0 Å². The molecule has 28 heavy (non-hydrogen) atoms. The van der Waals surface area contributed by atoms with Gasteiger partial charge in [0.15, 0.2) is 11.6 Å². The summed E-state index contributed by atoms with van der Waals surface area (Å²) in [6.45, 7) is 2.68. The lowest BCUT2D eigenvalue weighted by molar-refractivity contribution is -0.117. The van der Waals surface area contributed by atoms with Gasteiger partial charge in [0.25, 0.3) is 0 Å². The minimum Gasteiger partial charge on any atom is -0.343 e. The van der Waals surface area contributed by atoms with Gasteiger partial charge in [-0.1, -0.05) is 6.07 Å². The predicted octanol–water partition coefficient (Wildman–Crippen LogP) is 3.23. The van der Waals surface area contributed by atoms with E-state index >= 15 is 0 Å². The van der Waals surface area contributed by atoms with Crippen LogP contribution < -0.4 is 10.2 Å². The van der Waals surface area contributed by atoms with E-state index in [9.17, 15) is 9.18 Å². The van der Waals surface area contributed by atoms with Crippen LogP contribution in [-0.2, 0) is 4.79 Å². The summed E-state index contributed by atoms with van der Waals surface area (Å²) >= 11 is 0. The summed E-state index contributed by atoms with van der Waals surface area (Å²) in [4.78, 5) is 31.3. The van der Waals surface area contributed by atoms with Crippen molar-refractivity contribution < 1.29 is 10.6 Å². The maximum absolute atomic E-state index is 13.1. The zero-order chi connectivity index (χ0) is 19.5. The molecule has 144 valence electrons. The summed E-state index contributed by atoms with van der Waals surface area (Å²) in [7, 11) is 0.